The molecule has 2 aromatic rings. The molecule has 0 aromatic heterocycles. The zero-order valence-electron chi connectivity index (χ0n) is 15.6. The molecule has 27 heavy (non-hydrogen) atoms. The van der Waals surface area contributed by atoms with Crippen LogP contribution in [0.3, 0.4) is 0 Å². The molecule has 0 aliphatic heterocycles. The van der Waals surface area contributed by atoms with Gasteiger partial charge in [-0.15, -0.1) is 0 Å². The Bertz CT molecular complexity index is 660. The molecular formula is C21H27NO5. The van der Waals surface area contributed by atoms with Crippen LogP contribution in [0.25, 0.3) is 0 Å². The van der Waals surface area contributed by atoms with Gasteiger partial charge in [-0.05, 0) is 56.2 Å². The van der Waals surface area contributed by atoms with Crippen LogP contribution in [-0.4, -0.2) is 43.7 Å². The second-order valence-corrected chi connectivity index (χ2v) is 5.96. The summed E-state index contributed by atoms with van der Waals surface area (Å²) in [5.74, 6) is 1.21. The van der Waals surface area contributed by atoms with Crippen LogP contribution >= 0.6 is 0 Å². The topological polar surface area (TPSA) is 77.0 Å². The lowest BCUT2D eigenvalue weighted by Gasteiger charge is -2.18. The highest BCUT2D eigenvalue weighted by atomic mass is 16.7. The fourth-order valence-corrected chi connectivity index (χ4v) is 2.44. The van der Waals surface area contributed by atoms with Crippen molar-refractivity contribution in [2.75, 3.05) is 26.6 Å². The molecule has 2 N–H and O–H groups in total. The first-order valence-corrected chi connectivity index (χ1v) is 9.13. The van der Waals surface area contributed by atoms with E-state index in [4.69, 9.17) is 19.3 Å². The molecule has 0 heterocycles. The van der Waals surface area contributed by atoms with Crippen molar-refractivity contribution in [3.63, 3.8) is 0 Å². The van der Waals surface area contributed by atoms with Gasteiger partial charge < -0.3 is 24.6 Å². The Hall–Kier alpha value is -2.41. The molecule has 6 nitrogen and oxygen atoms in total. The van der Waals surface area contributed by atoms with Gasteiger partial charge in [0.1, 0.15) is 18.3 Å². The Morgan fingerprint density at radius 3 is 2.41 bits per heavy atom. The van der Waals surface area contributed by atoms with E-state index in [1.54, 1.807) is 24.3 Å². The summed E-state index contributed by atoms with van der Waals surface area (Å²) in [6, 6.07) is 16.2. The Morgan fingerprint density at radius 1 is 1.04 bits per heavy atom. The van der Waals surface area contributed by atoms with Crippen LogP contribution in [0.1, 0.15) is 30.1 Å². The minimum atomic E-state index is -0.191. The maximum Gasteiger partial charge on any atom is 0.251 e. The third-order valence-electron chi connectivity index (χ3n) is 3.83. The van der Waals surface area contributed by atoms with E-state index >= 15 is 0 Å². The predicted molar refractivity (Wildman–Crippen MR) is 103 cm³/mol. The average Bonchev–Trinajstić information content (AvgIpc) is 2.70. The predicted octanol–water partition coefficient (Wildman–Crippen LogP) is 3.36. The van der Waals surface area contributed by atoms with E-state index in [2.05, 4.69) is 5.32 Å². The number of hydrogen-bond acceptors (Lipinski definition) is 5. The van der Waals surface area contributed by atoms with Crippen molar-refractivity contribution in [2.24, 2.45) is 0 Å². The first-order chi connectivity index (χ1) is 13.2. The van der Waals surface area contributed by atoms with Crippen molar-refractivity contribution in [1.82, 2.24) is 5.32 Å². The number of benzene rings is 2. The summed E-state index contributed by atoms with van der Waals surface area (Å²) < 4.78 is 16.3. The molecule has 1 unspecified atom stereocenters. The third kappa shape index (κ3) is 7.78. The van der Waals surface area contributed by atoms with E-state index in [0.717, 1.165) is 5.75 Å². The fraction of sp³-hybridized carbons (Fsp3) is 0.381. The molecule has 6 heteroatoms. The Kier molecular flexibility index (Phi) is 9.34. The highest BCUT2D eigenvalue weighted by Crippen LogP contribution is 2.21. The number of ether oxygens (including phenoxy) is 3. The quantitative estimate of drug-likeness (QED) is 0.441. The molecule has 0 saturated heterocycles. The number of rotatable bonds is 12. The van der Waals surface area contributed by atoms with Crippen LogP contribution in [0, 0.1) is 0 Å². The van der Waals surface area contributed by atoms with Gasteiger partial charge in [0, 0.05) is 18.8 Å². The van der Waals surface area contributed by atoms with Crippen LogP contribution in [0.2, 0.25) is 0 Å². The third-order valence-corrected chi connectivity index (χ3v) is 3.83. The number of para-hydroxylation sites is 1. The molecule has 0 bridgehead atoms. The number of nitrogens with one attached hydrogen (secondary N) is 1. The van der Waals surface area contributed by atoms with Crippen molar-refractivity contribution in [1.29, 1.82) is 0 Å². The minimum absolute atomic E-state index is 0.0728. The van der Waals surface area contributed by atoms with E-state index in [-0.39, 0.29) is 25.3 Å². The highest BCUT2D eigenvalue weighted by molar-refractivity contribution is 5.94. The summed E-state index contributed by atoms with van der Waals surface area (Å²) in [7, 11) is 0. The lowest BCUT2D eigenvalue weighted by atomic mass is 10.1. The molecule has 0 saturated carbocycles. The molecule has 1 amide bonds. The molecule has 1 atom stereocenters. The van der Waals surface area contributed by atoms with E-state index in [9.17, 15) is 4.79 Å². The average molecular weight is 373 g/mol. The van der Waals surface area contributed by atoms with Gasteiger partial charge in [-0.2, -0.15) is 0 Å². The van der Waals surface area contributed by atoms with Crippen molar-refractivity contribution in [2.45, 2.75) is 25.8 Å². The number of carbonyl (C=O) groups excluding carboxylic acids is 1. The zero-order valence-corrected chi connectivity index (χ0v) is 15.6. The summed E-state index contributed by atoms with van der Waals surface area (Å²) in [5.41, 5.74) is 0.536. The summed E-state index contributed by atoms with van der Waals surface area (Å²) in [6.45, 7) is 3.06. The zero-order chi connectivity index (χ0) is 19.3. The number of hydrogen-bond donors (Lipinski definition) is 2. The van der Waals surface area contributed by atoms with Crippen LogP contribution < -0.4 is 10.1 Å². The number of carbonyl (C=O) groups is 1. The number of aliphatic hydroxyl groups excluding tert-OH is 1. The van der Waals surface area contributed by atoms with Crippen LogP contribution in [-0.2, 0) is 9.47 Å². The van der Waals surface area contributed by atoms with E-state index < -0.39 is 0 Å². The van der Waals surface area contributed by atoms with E-state index in [1.807, 2.05) is 37.3 Å². The van der Waals surface area contributed by atoms with Gasteiger partial charge in [-0.25, -0.2) is 0 Å². The Balaban J connectivity index is 1.89. The van der Waals surface area contributed by atoms with Gasteiger partial charge in [-0.3, -0.25) is 4.79 Å². The second kappa shape index (κ2) is 12.1. The lowest BCUT2D eigenvalue weighted by molar-refractivity contribution is -0.0558. The standard InChI is InChI=1S/C21H27NO5/c1-2-25-16-26-15-18(7-6-14-23)22-21(24)17-10-12-20(13-11-17)27-19-8-4-3-5-9-19/h3-5,8-13,18,23H,2,6-7,14-16H2,1H3,(H,22,24). The summed E-state index contributed by atoms with van der Waals surface area (Å²) in [6.07, 6.45) is 1.22. The molecule has 0 spiro atoms. The maximum absolute atomic E-state index is 12.5. The summed E-state index contributed by atoms with van der Waals surface area (Å²) >= 11 is 0. The van der Waals surface area contributed by atoms with E-state index in [0.29, 0.717) is 37.4 Å². The molecule has 0 fully saturated rings. The van der Waals surface area contributed by atoms with Gasteiger partial charge >= 0.3 is 0 Å². The van der Waals surface area contributed by atoms with Crippen LogP contribution in [0.5, 0.6) is 11.5 Å². The maximum atomic E-state index is 12.5. The van der Waals surface area contributed by atoms with Crippen LogP contribution in [0.15, 0.2) is 54.6 Å². The lowest BCUT2D eigenvalue weighted by Crippen LogP contribution is -2.38. The van der Waals surface area contributed by atoms with Gasteiger partial charge in [0.05, 0.1) is 12.6 Å². The summed E-state index contributed by atoms with van der Waals surface area (Å²) in [5, 5.41) is 12.0. The number of aliphatic hydroxyl groups is 1. The smallest absolute Gasteiger partial charge is 0.251 e. The van der Waals surface area contributed by atoms with Crippen LogP contribution in [0.4, 0.5) is 0 Å². The van der Waals surface area contributed by atoms with Gasteiger partial charge in [-0.1, -0.05) is 18.2 Å². The molecule has 0 radical (unpaired) electrons. The van der Waals surface area contributed by atoms with Crippen molar-refractivity contribution in [3.05, 3.63) is 60.2 Å². The van der Waals surface area contributed by atoms with E-state index in [1.165, 1.54) is 0 Å². The van der Waals surface area contributed by atoms with Gasteiger partial charge in [0.15, 0.2) is 0 Å². The van der Waals surface area contributed by atoms with Crippen molar-refractivity contribution in [3.8, 4) is 11.5 Å². The molecule has 2 aromatic carbocycles. The first-order valence-electron chi connectivity index (χ1n) is 9.13. The SMILES string of the molecule is CCOCOCC(CCCO)NC(=O)c1ccc(Oc2ccccc2)cc1. The van der Waals surface area contributed by atoms with Crippen molar-refractivity contribution >= 4 is 5.91 Å². The number of amides is 1. The molecule has 146 valence electrons. The fourth-order valence-electron chi connectivity index (χ4n) is 2.44. The second-order valence-electron chi connectivity index (χ2n) is 5.96. The van der Waals surface area contributed by atoms with Gasteiger partial charge in [0.2, 0.25) is 0 Å². The molecule has 0 aliphatic rings. The highest BCUT2D eigenvalue weighted by Gasteiger charge is 2.14. The normalized spacial score (nSPS) is 11.8. The Morgan fingerprint density at radius 2 is 1.74 bits per heavy atom. The summed E-state index contributed by atoms with van der Waals surface area (Å²) in [4.78, 5) is 12.5. The van der Waals surface area contributed by atoms with Crippen molar-refractivity contribution < 1.29 is 24.1 Å². The Labute approximate surface area is 160 Å². The monoisotopic (exact) mass is 373 g/mol. The largest absolute Gasteiger partial charge is 0.457 e. The molecular weight excluding hydrogens is 346 g/mol. The molecule has 0 aliphatic carbocycles. The minimum Gasteiger partial charge on any atom is -0.457 e. The van der Waals surface area contributed by atoms with Gasteiger partial charge in [0.25, 0.3) is 5.91 Å². The first kappa shape index (κ1) is 20.9. The molecule has 2 rings (SSSR count).